The average molecular weight is 230 g/mol. The van der Waals surface area contributed by atoms with Gasteiger partial charge in [-0.1, -0.05) is 18.2 Å². The van der Waals surface area contributed by atoms with Gasteiger partial charge in [0.05, 0.1) is 0 Å². The summed E-state index contributed by atoms with van der Waals surface area (Å²) in [5.41, 5.74) is 4.30. The second kappa shape index (κ2) is 4.03. The molecule has 0 N–H and O–H groups in total. The molecule has 82 valence electrons. The number of para-hydroxylation sites is 1. The van der Waals surface area contributed by atoms with Gasteiger partial charge in [0, 0.05) is 24.0 Å². The zero-order valence-electron chi connectivity index (χ0n) is 9.15. The van der Waals surface area contributed by atoms with E-state index in [1.807, 2.05) is 0 Å². The average Bonchev–Trinajstić information content (AvgIpc) is 2.33. The summed E-state index contributed by atoms with van der Waals surface area (Å²) in [4.78, 5) is 2.50. The predicted molar refractivity (Wildman–Crippen MR) is 67.5 cm³/mol. The lowest BCUT2D eigenvalue weighted by atomic mass is 9.92. The van der Waals surface area contributed by atoms with E-state index in [9.17, 15) is 0 Å². The van der Waals surface area contributed by atoms with Crippen molar-refractivity contribution in [1.29, 1.82) is 5.26 Å². The summed E-state index contributed by atoms with van der Waals surface area (Å²) < 4.78 is 0. The molecule has 0 bridgehead atoms. The van der Waals surface area contributed by atoms with Gasteiger partial charge in [0.1, 0.15) is 5.40 Å². The smallest absolute Gasteiger partial charge is 0.133 e. The van der Waals surface area contributed by atoms with Gasteiger partial charge in [-0.2, -0.15) is 5.26 Å². The fourth-order valence-corrected chi connectivity index (χ4v) is 3.54. The van der Waals surface area contributed by atoms with Crippen molar-refractivity contribution in [2.24, 2.45) is 0 Å². The second-order valence-corrected chi connectivity index (χ2v) is 5.42. The minimum absolute atomic E-state index is 0.384. The van der Waals surface area contributed by atoms with E-state index in [-0.39, 0.29) is 0 Å². The Labute approximate surface area is 100 Å². The van der Waals surface area contributed by atoms with Gasteiger partial charge in [0.2, 0.25) is 0 Å². The number of hydrogen-bond donors (Lipinski definition) is 0. The number of hydrogen-bond acceptors (Lipinski definition) is 3. The van der Waals surface area contributed by atoms with Gasteiger partial charge in [-0.3, -0.25) is 0 Å². The molecule has 0 saturated heterocycles. The van der Waals surface area contributed by atoms with Gasteiger partial charge in [0.25, 0.3) is 0 Å². The predicted octanol–water partition coefficient (Wildman–Crippen LogP) is 3.10. The van der Waals surface area contributed by atoms with Crippen molar-refractivity contribution in [1.82, 2.24) is 0 Å². The Kier molecular flexibility index (Phi) is 2.53. The molecule has 1 unspecified atom stereocenters. The van der Waals surface area contributed by atoms with Gasteiger partial charge in [-0.25, -0.2) is 0 Å². The molecule has 2 nitrogen and oxygen atoms in total. The summed E-state index contributed by atoms with van der Waals surface area (Å²) in [5.74, 6) is 0. The van der Waals surface area contributed by atoms with Crippen LogP contribution in [0.15, 0.2) is 18.2 Å². The number of nitriles is 1. The molecule has 1 aromatic carbocycles. The normalized spacial score (nSPS) is 22.4. The van der Waals surface area contributed by atoms with E-state index in [4.69, 9.17) is 5.26 Å². The quantitative estimate of drug-likeness (QED) is 0.694. The van der Waals surface area contributed by atoms with Crippen molar-refractivity contribution in [2.75, 3.05) is 18.0 Å². The van der Waals surface area contributed by atoms with Crippen LogP contribution in [0, 0.1) is 10.7 Å². The number of thiocyanates is 1. The highest BCUT2D eigenvalue weighted by Gasteiger charge is 2.29. The molecule has 0 aliphatic carbocycles. The molecule has 0 aromatic heterocycles. The van der Waals surface area contributed by atoms with Crippen LogP contribution in [0.5, 0.6) is 0 Å². The molecule has 16 heavy (non-hydrogen) atoms. The first-order valence-electron chi connectivity index (χ1n) is 5.81. The molecule has 1 aromatic rings. The van der Waals surface area contributed by atoms with E-state index in [0.29, 0.717) is 5.25 Å². The maximum atomic E-state index is 8.85. The summed E-state index contributed by atoms with van der Waals surface area (Å²) in [7, 11) is 0. The molecule has 3 heteroatoms. The number of rotatable bonds is 1. The Morgan fingerprint density at radius 3 is 3.19 bits per heavy atom. The first-order valence-corrected chi connectivity index (χ1v) is 6.69. The number of thioether (sulfide) groups is 1. The molecule has 0 saturated carbocycles. The van der Waals surface area contributed by atoms with E-state index >= 15 is 0 Å². The fraction of sp³-hybridized carbons (Fsp3) is 0.462. The van der Waals surface area contributed by atoms with Crippen LogP contribution in [0.2, 0.25) is 0 Å². The molecule has 3 rings (SSSR count). The van der Waals surface area contributed by atoms with Gasteiger partial charge in [-0.15, -0.1) is 0 Å². The minimum Gasteiger partial charge on any atom is -0.371 e. The molecule has 2 aliphatic heterocycles. The van der Waals surface area contributed by atoms with E-state index in [2.05, 4.69) is 28.5 Å². The van der Waals surface area contributed by atoms with Crippen molar-refractivity contribution in [3.8, 4) is 5.40 Å². The minimum atomic E-state index is 0.384. The Balaban J connectivity index is 2.08. The van der Waals surface area contributed by atoms with Crippen molar-refractivity contribution >= 4 is 17.4 Å². The standard InChI is InChI=1S/C13H14N2S/c14-9-16-12-6-8-15-7-2-4-10-3-1-5-11(12)13(10)15/h1,3,5,12H,2,4,6-8H2. The van der Waals surface area contributed by atoms with Crippen molar-refractivity contribution in [3.05, 3.63) is 29.3 Å². The van der Waals surface area contributed by atoms with Crippen LogP contribution in [0.4, 0.5) is 5.69 Å². The first kappa shape index (κ1) is 10.0. The lowest BCUT2D eigenvalue weighted by molar-refractivity contribution is 0.629. The monoisotopic (exact) mass is 230 g/mol. The highest BCUT2D eigenvalue weighted by molar-refractivity contribution is 8.03. The Hall–Kier alpha value is -1.14. The summed E-state index contributed by atoms with van der Waals surface area (Å²) in [6.45, 7) is 2.30. The lowest BCUT2D eigenvalue weighted by Crippen LogP contribution is -2.35. The zero-order valence-corrected chi connectivity index (χ0v) is 9.96. The SMILES string of the molecule is N#CSC1CCN2CCCc3cccc1c32. The maximum Gasteiger partial charge on any atom is 0.133 e. The van der Waals surface area contributed by atoms with Gasteiger partial charge < -0.3 is 4.90 Å². The molecule has 2 aliphatic rings. The zero-order chi connectivity index (χ0) is 11.0. The van der Waals surface area contributed by atoms with Crippen LogP contribution in [-0.2, 0) is 6.42 Å². The van der Waals surface area contributed by atoms with Crippen LogP contribution in [-0.4, -0.2) is 13.1 Å². The molecule has 0 radical (unpaired) electrons. The second-order valence-electron chi connectivity index (χ2n) is 4.43. The van der Waals surface area contributed by atoms with Crippen LogP contribution >= 0.6 is 11.8 Å². The van der Waals surface area contributed by atoms with E-state index < -0.39 is 0 Å². The van der Waals surface area contributed by atoms with E-state index in [1.54, 1.807) is 0 Å². The third-order valence-electron chi connectivity index (χ3n) is 3.54. The topological polar surface area (TPSA) is 27.0 Å². The van der Waals surface area contributed by atoms with Gasteiger partial charge >= 0.3 is 0 Å². The summed E-state index contributed by atoms with van der Waals surface area (Å²) in [6, 6.07) is 6.59. The third kappa shape index (κ3) is 1.49. The Bertz CT molecular complexity index is 450. The van der Waals surface area contributed by atoms with Gasteiger partial charge in [0.15, 0.2) is 0 Å². The summed E-state index contributed by atoms with van der Waals surface area (Å²) in [5, 5.41) is 11.5. The lowest BCUT2D eigenvalue weighted by Gasteiger charge is -2.39. The van der Waals surface area contributed by atoms with Crippen LogP contribution in [0.25, 0.3) is 0 Å². The number of benzene rings is 1. The summed E-state index contributed by atoms with van der Waals surface area (Å²) in [6.07, 6.45) is 3.57. The molecule has 0 fully saturated rings. The molecule has 0 spiro atoms. The van der Waals surface area contributed by atoms with E-state index in [0.717, 1.165) is 13.0 Å². The Morgan fingerprint density at radius 1 is 1.38 bits per heavy atom. The van der Waals surface area contributed by atoms with E-state index in [1.165, 1.54) is 48.0 Å². The van der Waals surface area contributed by atoms with Gasteiger partial charge in [-0.05, 0) is 42.2 Å². The number of anilines is 1. The fourth-order valence-electron chi connectivity index (χ4n) is 2.87. The third-order valence-corrected chi connectivity index (χ3v) is 4.42. The molecular weight excluding hydrogens is 216 g/mol. The number of nitrogens with zero attached hydrogens (tertiary/aromatic N) is 2. The highest BCUT2D eigenvalue weighted by Crippen LogP contribution is 2.44. The first-order chi connectivity index (χ1) is 7.90. The van der Waals surface area contributed by atoms with Crippen molar-refractivity contribution in [2.45, 2.75) is 24.5 Å². The highest BCUT2D eigenvalue weighted by atomic mass is 32.2. The van der Waals surface area contributed by atoms with Crippen molar-refractivity contribution < 1.29 is 0 Å². The maximum absolute atomic E-state index is 8.85. The van der Waals surface area contributed by atoms with Crippen LogP contribution in [0.1, 0.15) is 29.2 Å². The van der Waals surface area contributed by atoms with Crippen LogP contribution in [0.3, 0.4) is 0 Å². The largest absolute Gasteiger partial charge is 0.371 e. The molecular formula is C13H14N2S. The van der Waals surface area contributed by atoms with Crippen molar-refractivity contribution in [3.63, 3.8) is 0 Å². The Morgan fingerprint density at radius 2 is 2.31 bits per heavy atom. The molecule has 2 heterocycles. The molecule has 0 amide bonds. The summed E-state index contributed by atoms with van der Waals surface area (Å²) >= 11 is 1.42. The van der Waals surface area contributed by atoms with Crippen LogP contribution < -0.4 is 4.90 Å². The number of aryl methyl sites for hydroxylation is 1. The molecule has 1 atom stereocenters.